The van der Waals surface area contributed by atoms with Gasteiger partial charge >= 0.3 is 0 Å². The maximum Gasteiger partial charge on any atom is 0.0513 e. The predicted molar refractivity (Wildman–Crippen MR) is 53.5 cm³/mol. The van der Waals surface area contributed by atoms with E-state index in [1.807, 2.05) is 0 Å². The lowest BCUT2D eigenvalue weighted by molar-refractivity contribution is 0.182. The second-order valence-electron chi connectivity index (χ2n) is 4.17. The summed E-state index contributed by atoms with van der Waals surface area (Å²) in [4.78, 5) is 0. The molecule has 0 spiro atoms. The van der Waals surface area contributed by atoms with Crippen molar-refractivity contribution in [2.75, 3.05) is 13.2 Å². The van der Waals surface area contributed by atoms with Crippen LogP contribution in [0.5, 0.6) is 0 Å². The first-order valence-electron chi connectivity index (χ1n) is 5.40. The van der Waals surface area contributed by atoms with Crippen LogP contribution in [-0.4, -0.2) is 19.3 Å². The minimum Gasteiger partial charge on any atom is -0.381 e. The summed E-state index contributed by atoms with van der Waals surface area (Å²) in [6.45, 7) is 1.78. The molecule has 1 fully saturated rings. The highest BCUT2D eigenvalue weighted by Gasteiger charge is 2.25. The molecule has 0 amide bonds. The van der Waals surface area contributed by atoms with Gasteiger partial charge in [0.25, 0.3) is 0 Å². The lowest BCUT2D eigenvalue weighted by Crippen LogP contribution is -2.33. The molecule has 0 radical (unpaired) electrons. The van der Waals surface area contributed by atoms with Gasteiger partial charge in [-0.2, -0.15) is 0 Å². The van der Waals surface area contributed by atoms with E-state index in [4.69, 9.17) is 10.5 Å². The molecule has 2 atom stereocenters. The zero-order valence-electron chi connectivity index (χ0n) is 8.17. The summed E-state index contributed by atoms with van der Waals surface area (Å²) in [6.07, 6.45) is 8.63. The molecule has 0 aromatic carbocycles. The first-order valence-corrected chi connectivity index (χ1v) is 5.40. The highest BCUT2D eigenvalue weighted by atomic mass is 16.5. The summed E-state index contributed by atoms with van der Waals surface area (Å²) in [5.74, 6) is 0.587. The van der Waals surface area contributed by atoms with Crippen LogP contribution in [-0.2, 0) is 4.74 Å². The Balaban J connectivity index is 1.94. The van der Waals surface area contributed by atoms with Crippen LogP contribution in [0.2, 0.25) is 0 Å². The molecular weight excluding hydrogens is 162 g/mol. The molecule has 1 heterocycles. The molecule has 2 aliphatic rings. The van der Waals surface area contributed by atoms with Gasteiger partial charge in [0.2, 0.25) is 0 Å². The van der Waals surface area contributed by atoms with Gasteiger partial charge in [-0.15, -0.1) is 0 Å². The lowest BCUT2D eigenvalue weighted by Gasteiger charge is -2.23. The molecule has 2 N–H and O–H groups in total. The minimum atomic E-state index is 0.280. The van der Waals surface area contributed by atoms with Crippen molar-refractivity contribution in [2.45, 2.75) is 38.1 Å². The van der Waals surface area contributed by atoms with Gasteiger partial charge in [-0.3, -0.25) is 0 Å². The third-order valence-corrected chi connectivity index (χ3v) is 3.23. The molecule has 0 aromatic heterocycles. The number of allylic oxidation sites excluding steroid dienone is 1. The van der Waals surface area contributed by atoms with Crippen LogP contribution in [0, 0.1) is 5.92 Å². The molecular formula is C11H19NO. The predicted octanol–water partition coefficient (Wildman–Crippen LogP) is 1.85. The number of hydrogen-bond acceptors (Lipinski definition) is 2. The average Bonchev–Trinajstić information content (AvgIpc) is 2.71. The molecule has 1 saturated heterocycles. The van der Waals surface area contributed by atoms with Gasteiger partial charge in [0.1, 0.15) is 0 Å². The molecule has 2 nitrogen and oxygen atoms in total. The number of nitrogens with two attached hydrogens (primary N) is 1. The standard InChI is InChI=1S/C11H19NO/c12-11(10-6-7-13-8-10)9-4-2-1-3-5-9/h4,10-11H,1-3,5-8,12H2. The van der Waals surface area contributed by atoms with Crippen molar-refractivity contribution in [1.82, 2.24) is 0 Å². The number of rotatable bonds is 2. The lowest BCUT2D eigenvalue weighted by atomic mass is 9.87. The minimum absolute atomic E-state index is 0.280. The highest BCUT2D eigenvalue weighted by molar-refractivity contribution is 5.14. The second-order valence-corrected chi connectivity index (χ2v) is 4.17. The van der Waals surface area contributed by atoms with Gasteiger partial charge in [0, 0.05) is 18.6 Å². The van der Waals surface area contributed by atoms with Crippen LogP contribution in [0.4, 0.5) is 0 Å². The van der Waals surface area contributed by atoms with E-state index >= 15 is 0 Å². The van der Waals surface area contributed by atoms with Crippen molar-refractivity contribution in [3.8, 4) is 0 Å². The fourth-order valence-electron chi connectivity index (χ4n) is 2.30. The fourth-order valence-corrected chi connectivity index (χ4v) is 2.30. The molecule has 1 aliphatic carbocycles. The van der Waals surface area contributed by atoms with Crippen LogP contribution < -0.4 is 5.73 Å². The topological polar surface area (TPSA) is 35.2 Å². The summed E-state index contributed by atoms with van der Waals surface area (Å²) >= 11 is 0. The molecule has 0 bridgehead atoms. The molecule has 0 aromatic rings. The molecule has 2 rings (SSSR count). The molecule has 2 unspecified atom stereocenters. The second kappa shape index (κ2) is 4.25. The summed E-state index contributed by atoms with van der Waals surface area (Å²) in [5.41, 5.74) is 7.69. The molecule has 74 valence electrons. The van der Waals surface area contributed by atoms with Crippen LogP contribution >= 0.6 is 0 Å². The zero-order chi connectivity index (χ0) is 9.10. The summed E-state index contributed by atoms with van der Waals surface area (Å²) in [5, 5.41) is 0. The van der Waals surface area contributed by atoms with Crippen LogP contribution in [0.15, 0.2) is 11.6 Å². The Labute approximate surface area is 80.1 Å². The first-order chi connectivity index (χ1) is 6.38. The Bertz CT molecular complexity index is 194. The summed E-state index contributed by atoms with van der Waals surface area (Å²) in [6, 6.07) is 0.280. The van der Waals surface area contributed by atoms with Crippen LogP contribution in [0.1, 0.15) is 32.1 Å². The Kier molecular flexibility index (Phi) is 3.01. The van der Waals surface area contributed by atoms with Crippen LogP contribution in [0.3, 0.4) is 0 Å². The van der Waals surface area contributed by atoms with E-state index in [-0.39, 0.29) is 6.04 Å². The van der Waals surface area contributed by atoms with Gasteiger partial charge < -0.3 is 10.5 Å². The fraction of sp³-hybridized carbons (Fsp3) is 0.818. The molecule has 1 aliphatic heterocycles. The largest absolute Gasteiger partial charge is 0.381 e. The third kappa shape index (κ3) is 2.12. The highest BCUT2D eigenvalue weighted by Crippen LogP contribution is 2.26. The third-order valence-electron chi connectivity index (χ3n) is 3.23. The monoisotopic (exact) mass is 181 g/mol. The maximum atomic E-state index is 6.21. The number of hydrogen-bond donors (Lipinski definition) is 1. The molecule has 2 heteroatoms. The van der Waals surface area contributed by atoms with Crippen molar-refractivity contribution in [3.63, 3.8) is 0 Å². The Morgan fingerprint density at radius 2 is 2.38 bits per heavy atom. The average molecular weight is 181 g/mol. The van der Waals surface area contributed by atoms with Crippen LogP contribution in [0.25, 0.3) is 0 Å². The van der Waals surface area contributed by atoms with E-state index in [1.165, 1.54) is 31.3 Å². The van der Waals surface area contributed by atoms with Gasteiger partial charge in [0.05, 0.1) is 6.61 Å². The molecule has 0 saturated carbocycles. The van der Waals surface area contributed by atoms with Crippen molar-refractivity contribution >= 4 is 0 Å². The van der Waals surface area contributed by atoms with Gasteiger partial charge in [0.15, 0.2) is 0 Å². The summed E-state index contributed by atoms with van der Waals surface area (Å²) < 4.78 is 5.36. The Morgan fingerprint density at radius 3 is 3.00 bits per heavy atom. The van der Waals surface area contributed by atoms with E-state index in [9.17, 15) is 0 Å². The first kappa shape index (κ1) is 9.22. The SMILES string of the molecule is NC(C1=CCCCC1)C1CCOC1. The Hall–Kier alpha value is -0.340. The van der Waals surface area contributed by atoms with Crippen molar-refractivity contribution < 1.29 is 4.74 Å². The zero-order valence-corrected chi connectivity index (χ0v) is 8.17. The Morgan fingerprint density at radius 1 is 1.46 bits per heavy atom. The smallest absolute Gasteiger partial charge is 0.0513 e. The normalized spacial score (nSPS) is 31.5. The van der Waals surface area contributed by atoms with E-state index in [0.29, 0.717) is 5.92 Å². The van der Waals surface area contributed by atoms with E-state index in [2.05, 4.69) is 6.08 Å². The summed E-state index contributed by atoms with van der Waals surface area (Å²) in [7, 11) is 0. The van der Waals surface area contributed by atoms with Gasteiger partial charge in [-0.1, -0.05) is 11.6 Å². The van der Waals surface area contributed by atoms with Gasteiger partial charge in [-0.05, 0) is 32.1 Å². The van der Waals surface area contributed by atoms with E-state index in [0.717, 1.165) is 19.6 Å². The maximum absolute atomic E-state index is 6.21. The van der Waals surface area contributed by atoms with E-state index in [1.54, 1.807) is 0 Å². The van der Waals surface area contributed by atoms with Crippen molar-refractivity contribution in [3.05, 3.63) is 11.6 Å². The number of ether oxygens (including phenoxy) is 1. The van der Waals surface area contributed by atoms with Crippen molar-refractivity contribution in [2.24, 2.45) is 11.7 Å². The van der Waals surface area contributed by atoms with Crippen molar-refractivity contribution in [1.29, 1.82) is 0 Å². The quantitative estimate of drug-likeness (QED) is 0.660. The van der Waals surface area contributed by atoms with Gasteiger partial charge in [-0.25, -0.2) is 0 Å². The van der Waals surface area contributed by atoms with E-state index < -0.39 is 0 Å². The molecule has 13 heavy (non-hydrogen) atoms.